The van der Waals surface area contributed by atoms with Crippen LogP contribution in [0, 0.1) is 0 Å². The number of hydrogen-bond acceptors (Lipinski definition) is 3. The van der Waals surface area contributed by atoms with Crippen molar-refractivity contribution < 1.29 is 13.3 Å². The van der Waals surface area contributed by atoms with E-state index in [9.17, 15) is 0 Å². The van der Waals surface area contributed by atoms with Crippen molar-refractivity contribution in [2.75, 3.05) is 0 Å². The lowest BCUT2D eigenvalue weighted by Crippen LogP contribution is -1.94. The van der Waals surface area contributed by atoms with Crippen molar-refractivity contribution in [3.63, 3.8) is 0 Å². The Hall–Kier alpha value is -7.04. The summed E-state index contributed by atoms with van der Waals surface area (Å²) >= 11 is 0. The summed E-state index contributed by atoms with van der Waals surface area (Å²) in [6.07, 6.45) is 0. The van der Waals surface area contributed by atoms with E-state index in [0.717, 1.165) is 105 Å². The average Bonchev–Trinajstić information content (AvgIpc) is 3.96. The number of para-hydroxylation sites is 4. The highest BCUT2D eigenvalue weighted by molar-refractivity contribution is 6.22. The SMILES string of the molecule is c1ccc2c(c1)oc1ccc(-c3cccc4c3c3c(-c5ccc6oc7ccccc7c6c5)cccc3n4-c3cccc4c3oc3ccccc34)cc12. The minimum Gasteiger partial charge on any atom is -0.456 e. The van der Waals surface area contributed by atoms with Crippen LogP contribution in [0.25, 0.3) is 116 Å². The molecule has 12 rings (SSSR count). The molecule has 0 spiro atoms. The standard InChI is InChI=1S/C48H27NO3/c1-6-21-43-32(10-1)35-15-9-18-40(48(35)52-43)49-38-16-7-13-30(28-22-24-44-36(26-28)33-11-2-4-19-41(33)50-44)46(38)47-31(14-8-17-39(47)49)29-23-25-45-37(27-29)34-12-3-5-20-42(34)51-45/h1-27H. The number of fused-ring (bicyclic) bond motifs is 12. The Kier molecular flexibility index (Phi) is 5.47. The number of furan rings is 3. The molecule has 0 fully saturated rings. The van der Waals surface area contributed by atoms with Crippen LogP contribution in [0.15, 0.2) is 177 Å². The second kappa shape index (κ2) is 10.3. The Balaban J connectivity index is 1.21. The van der Waals surface area contributed by atoms with Crippen LogP contribution in [0.3, 0.4) is 0 Å². The molecular formula is C48H27NO3. The molecule has 0 unspecified atom stereocenters. The first-order valence-corrected chi connectivity index (χ1v) is 17.6. The summed E-state index contributed by atoms with van der Waals surface area (Å²) in [5.74, 6) is 0. The van der Waals surface area contributed by atoms with Gasteiger partial charge in [-0.3, -0.25) is 0 Å². The molecule has 0 saturated heterocycles. The van der Waals surface area contributed by atoms with Gasteiger partial charge in [0.05, 0.1) is 16.7 Å². The topological polar surface area (TPSA) is 44.4 Å². The average molecular weight is 666 g/mol. The van der Waals surface area contributed by atoms with Crippen LogP contribution < -0.4 is 0 Å². The van der Waals surface area contributed by atoms with E-state index in [1.54, 1.807) is 0 Å². The Morgan fingerprint density at radius 2 is 0.769 bits per heavy atom. The summed E-state index contributed by atoms with van der Waals surface area (Å²) in [5, 5.41) is 9.04. The van der Waals surface area contributed by atoms with Gasteiger partial charge in [-0.15, -0.1) is 0 Å². The number of benzene rings is 8. The molecule has 4 heteroatoms. The molecule has 0 bridgehead atoms. The third-order valence-electron chi connectivity index (χ3n) is 10.8. The third kappa shape index (κ3) is 3.75. The number of hydrogen-bond donors (Lipinski definition) is 0. The van der Waals surface area contributed by atoms with Crippen LogP contribution in [0.4, 0.5) is 0 Å². The van der Waals surface area contributed by atoms with Crippen molar-refractivity contribution in [1.29, 1.82) is 0 Å². The molecule has 242 valence electrons. The lowest BCUT2D eigenvalue weighted by molar-refractivity contribution is 0.666. The van der Waals surface area contributed by atoms with Gasteiger partial charge in [0.25, 0.3) is 0 Å². The largest absolute Gasteiger partial charge is 0.456 e. The molecule has 12 aromatic rings. The molecule has 0 saturated carbocycles. The quantitative estimate of drug-likeness (QED) is 0.189. The van der Waals surface area contributed by atoms with Crippen LogP contribution in [0.5, 0.6) is 0 Å². The van der Waals surface area contributed by atoms with Gasteiger partial charge in [0.1, 0.15) is 27.9 Å². The highest BCUT2D eigenvalue weighted by atomic mass is 16.3. The Bertz CT molecular complexity index is 3250. The van der Waals surface area contributed by atoms with Crippen LogP contribution in [0.1, 0.15) is 0 Å². The first-order chi connectivity index (χ1) is 25.8. The second-order valence-corrected chi connectivity index (χ2v) is 13.6. The van der Waals surface area contributed by atoms with Gasteiger partial charge in [0.2, 0.25) is 0 Å². The molecule has 0 N–H and O–H groups in total. The van der Waals surface area contributed by atoms with E-state index in [-0.39, 0.29) is 0 Å². The summed E-state index contributed by atoms with van der Waals surface area (Å²) < 4.78 is 21.5. The number of aromatic nitrogens is 1. The van der Waals surface area contributed by atoms with Crippen molar-refractivity contribution in [2.24, 2.45) is 0 Å². The maximum atomic E-state index is 6.65. The van der Waals surface area contributed by atoms with Gasteiger partial charge in [-0.25, -0.2) is 0 Å². The smallest absolute Gasteiger partial charge is 0.159 e. The summed E-state index contributed by atoms with van der Waals surface area (Å²) in [7, 11) is 0. The van der Waals surface area contributed by atoms with Crippen LogP contribution in [-0.4, -0.2) is 4.57 Å². The maximum absolute atomic E-state index is 6.65. The van der Waals surface area contributed by atoms with Gasteiger partial charge >= 0.3 is 0 Å². The molecule has 0 amide bonds. The molecule has 52 heavy (non-hydrogen) atoms. The molecule has 0 aliphatic rings. The van der Waals surface area contributed by atoms with Gasteiger partial charge in [-0.05, 0) is 82.9 Å². The van der Waals surface area contributed by atoms with E-state index >= 15 is 0 Å². The van der Waals surface area contributed by atoms with E-state index in [1.165, 1.54) is 10.8 Å². The summed E-state index contributed by atoms with van der Waals surface area (Å²) in [4.78, 5) is 0. The normalized spacial score (nSPS) is 12.2. The van der Waals surface area contributed by atoms with E-state index in [2.05, 4.69) is 132 Å². The molecule has 4 heterocycles. The van der Waals surface area contributed by atoms with Gasteiger partial charge in [-0.1, -0.05) is 103 Å². The van der Waals surface area contributed by atoms with E-state index in [4.69, 9.17) is 13.3 Å². The van der Waals surface area contributed by atoms with Crippen molar-refractivity contribution in [3.8, 4) is 27.9 Å². The predicted molar refractivity (Wildman–Crippen MR) is 213 cm³/mol. The van der Waals surface area contributed by atoms with Crippen LogP contribution in [-0.2, 0) is 0 Å². The number of nitrogens with zero attached hydrogens (tertiary/aromatic N) is 1. The summed E-state index contributed by atoms with van der Waals surface area (Å²) in [6, 6.07) is 57.8. The Labute approximate surface area is 296 Å². The molecule has 0 aliphatic heterocycles. The highest BCUT2D eigenvalue weighted by Crippen LogP contribution is 2.46. The molecule has 0 atom stereocenters. The van der Waals surface area contributed by atoms with E-state index < -0.39 is 0 Å². The fraction of sp³-hybridized carbons (Fsp3) is 0. The monoisotopic (exact) mass is 665 g/mol. The zero-order valence-corrected chi connectivity index (χ0v) is 27.8. The lowest BCUT2D eigenvalue weighted by Gasteiger charge is -2.09. The summed E-state index contributed by atoms with van der Waals surface area (Å²) in [5.41, 5.74) is 13.1. The third-order valence-corrected chi connectivity index (χ3v) is 10.8. The predicted octanol–water partition coefficient (Wildman–Crippen LogP) is 13.8. The van der Waals surface area contributed by atoms with Crippen molar-refractivity contribution in [1.82, 2.24) is 4.57 Å². The minimum atomic E-state index is 0.871. The molecule has 0 radical (unpaired) electrons. The number of rotatable bonds is 3. The lowest BCUT2D eigenvalue weighted by atomic mass is 9.93. The minimum absolute atomic E-state index is 0.871. The molecule has 4 aromatic heterocycles. The first kappa shape index (κ1) is 27.7. The maximum Gasteiger partial charge on any atom is 0.159 e. The van der Waals surface area contributed by atoms with Crippen LogP contribution >= 0.6 is 0 Å². The highest BCUT2D eigenvalue weighted by Gasteiger charge is 2.23. The zero-order valence-electron chi connectivity index (χ0n) is 27.8. The van der Waals surface area contributed by atoms with Gasteiger partial charge < -0.3 is 17.8 Å². The first-order valence-electron chi connectivity index (χ1n) is 17.6. The Morgan fingerprint density at radius 1 is 0.327 bits per heavy atom. The van der Waals surface area contributed by atoms with Gasteiger partial charge in [-0.2, -0.15) is 0 Å². The fourth-order valence-electron chi connectivity index (χ4n) is 8.54. The summed E-state index contributed by atoms with van der Waals surface area (Å²) in [6.45, 7) is 0. The zero-order chi connectivity index (χ0) is 33.9. The fourth-order valence-corrected chi connectivity index (χ4v) is 8.54. The van der Waals surface area contributed by atoms with E-state index in [0.29, 0.717) is 0 Å². The molecule has 8 aromatic carbocycles. The van der Waals surface area contributed by atoms with Crippen molar-refractivity contribution in [2.45, 2.75) is 0 Å². The molecule has 4 nitrogen and oxygen atoms in total. The van der Waals surface area contributed by atoms with Crippen LogP contribution in [0.2, 0.25) is 0 Å². The van der Waals surface area contributed by atoms with Gasteiger partial charge in [0, 0.05) is 43.1 Å². The van der Waals surface area contributed by atoms with Crippen molar-refractivity contribution in [3.05, 3.63) is 164 Å². The molecule has 0 aliphatic carbocycles. The van der Waals surface area contributed by atoms with Gasteiger partial charge in [0.15, 0.2) is 5.58 Å². The van der Waals surface area contributed by atoms with Crippen molar-refractivity contribution >= 4 is 87.6 Å². The second-order valence-electron chi connectivity index (χ2n) is 13.6. The molecular weight excluding hydrogens is 639 g/mol. The Morgan fingerprint density at radius 3 is 1.33 bits per heavy atom. The van der Waals surface area contributed by atoms with E-state index in [1.807, 2.05) is 36.4 Å².